The van der Waals surface area contributed by atoms with E-state index in [9.17, 15) is 9.59 Å². The smallest absolute Gasteiger partial charge is 0.339 e. The number of hydrogen-bond acceptors (Lipinski definition) is 6. The number of Topliss-reactive ketones (excluding diaryl/α,β-unsaturated/α-hetero) is 1. The number of halogens is 1. The van der Waals surface area contributed by atoms with Crippen molar-refractivity contribution in [1.82, 2.24) is 4.57 Å². The van der Waals surface area contributed by atoms with E-state index in [4.69, 9.17) is 25.8 Å². The Kier molecular flexibility index (Phi) is 7.70. The van der Waals surface area contributed by atoms with Crippen molar-refractivity contribution in [3.05, 3.63) is 52.2 Å². The Morgan fingerprint density at radius 2 is 1.86 bits per heavy atom. The van der Waals surface area contributed by atoms with Crippen LogP contribution in [0.2, 0.25) is 5.02 Å². The van der Waals surface area contributed by atoms with Gasteiger partial charge in [0.1, 0.15) is 6.61 Å². The van der Waals surface area contributed by atoms with Gasteiger partial charge in [0.05, 0.1) is 36.6 Å². The minimum Gasteiger partial charge on any atom is -0.467 e. The summed E-state index contributed by atoms with van der Waals surface area (Å²) in [4.78, 5) is 24.6. The van der Waals surface area contributed by atoms with Gasteiger partial charge in [-0.3, -0.25) is 4.79 Å². The van der Waals surface area contributed by atoms with Crippen molar-refractivity contribution < 1.29 is 23.8 Å². The van der Waals surface area contributed by atoms with Crippen LogP contribution in [0.15, 0.2) is 30.3 Å². The van der Waals surface area contributed by atoms with Crippen molar-refractivity contribution in [2.75, 3.05) is 25.6 Å². The summed E-state index contributed by atoms with van der Waals surface area (Å²) in [6, 6.07) is 9.74. The summed E-state index contributed by atoms with van der Waals surface area (Å²) >= 11 is 6.23. The maximum atomic E-state index is 13.2. The zero-order valence-corrected chi connectivity index (χ0v) is 23.3. The number of benzene rings is 2. The molecule has 1 aliphatic rings. The van der Waals surface area contributed by atoms with Crippen LogP contribution in [0.1, 0.15) is 50.6 Å². The van der Waals surface area contributed by atoms with Gasteiger partial charge in [-0.2, -0.15) is 0 Å². The number of hydrogen-bond donors (Lipinski definition) is 1. The van der Waals surface area contributed by atoms with E-state index in [-0.39, 0.29) is 18.4 Å². The van der Waals surface area contributed by atoms with Crippen LogP contribution in [0.25, 0.3) is 22.0 Å². The van der Waals surface area contributed by atoms with Crippen molar-refractivity contribution in [1.29, 1.82) is 0 Å². The summed E-state index contributed by atoms with van der Waals surface area (Å²) < 4.78 is 19.6. The molecule has 2 heterocycles. The van der Waals surface area contributed by atoms with Crippen LogP contribution in [0.4, 0.5) is 5.69 Å². The van der Waals surface area contributed by atoms with Crippen LogP contribution >= 0.6 is 11.6 Å². The highest BCUT2D eigenvalue weighted by molar-refractivity contribution is 6.30. The molecule has 0 bridgehead atoms. The first-order chi connectivity index (χ1) is 17.4. The first-order valence-corrected chi connectivity index (χ1v) is 12.8. The lowest BCUT2D eigenvalue weighted by atomic mass is 9.87. The number of ketones is 1. The molecule has 0 aliphatic carbocycles. The first-order valence-electron chi connectivity index (χ1n) is 12.4. The monoisotopic (exact) mass is 526 g/mol. The molecule has 198 valence electrons. The number of aromatic nitrogens is 1. The predicted octanol–water partition coefficient (Wildman–Crippen LogP) is 6.01. The molecule has 1 aliphatic heterocycles. The maximum absolute atomic E-state index is 13.2. The molecule has 7 nitrogen and oxygen atoms in total. The third-order valence-electron chi connectivity index (χ3n) is 6.52. The van der Waals surface area contributed by atoms with Crippen LogP contribution in [0.5, 0.6) is 0 Å². The SMILES string of the molecule is COC(=O)[C@@H](OC(C)(C)C)c1c(C)c2c3c(cc(C)n3C[C@@H](COCC(C)=O)N2)c1-c1ccc(Cl)cc1. The van der Waals surface area contributed by atoms with Gasteiger partial charge in [0, 0.05) is 28.2 Å². The predicted molar refractivity (Wildman–Crippen MR) is 146 cm³/mol. The maximum Gasteiger partial charge on any atom is 0.339 e. The number of esters is 1. The average molecular weight is 527 g/mol. The molecule has 0 saturated heterocycles. The summed E-state index contributed by atoms with van der Waals surface area (Å²) in [5.41, 5.74) is 5.97. The Balaban J connectivity index is 1.98. The van der Waals surface area contributed by atoms with Crippen molar-refractivity contribution in [2.24, 2.45) is 0 Å². The summed E-state index contributed by atoms with van der Waals surface area (Å²) in [5, 5.41) is 5.28. The molecule has 0 radical (unpaired) electrons. The molecular formula is C29H35ClN2O5. The van der Waals surface area contributed by atoms with Crippen molar-refractivity contribution in [2.45, 2.75) is 65.8 Å². The largest absolute Gasteiger partial charge is 0.467 e. The normalized spacial score (nSPS) is 15.9. The van der Waals surface area contributed by atoms with Crippen LogP contribution in [0, 0.1) is 13.8 Å². The fourth-order valence-electron chi connectivity index (χ4n) is 5.04. The zero-order chi connectivity index (χ0) is 27.1. The van der Waals surface area contributed by atoms with Gasteiger partial charge in [-0.25, -0.2) is 4.79 Å². The average Bonchev–Trinajstić information content (AvgIpc) is 3.15. The third kappa shape index (κ3) is 5.54. The highest BCUT2D eigenvalue weighted by Crippen LogP contribution is 2.47. The first kappa shape index (κ1) is 27.2. The van der Waals surface area contributed by atoms with E-state index >= 15 is 0 Å². The zero-order valence-electron chi connectivity index (χ0n) is 22.5. The molecule has 4 rings (SSSR count). The second-order valence-electron chi connectivity index (χ2n) is 10.6. The Labute approximate surface area is 223 Å². The number of ether oxygens (including phenoxy) is 3. The second kappa shape index (κ2) is 10.5. The standard InChI is InChI=1S/C29H35ClN2O5/c1-16-12-22-24(19-8-10-20(30)11-9-19)23(27(28(34)35-7)37-29(4,5)6)18(3)25-26(22)32(16)13-21(31-25)15-36-14-17(2)33/h8-12,21,27,31H,13-15H2,1-7H3/t21-,27-/m0/s1. The molecule has 1 aromatic heterocycles. The van der Waals surface area contributed by atoms with Gasteiger partial charge >= 0.3 is 5.97 Å². The fraction of sp³-hybridized carbons (Fsp3) is 0.448. The Morgan fingerprint density at radius 1 is 1.19 bits per heavy atom. The minimum absolute atomic E-state index is 0.0120. The van der Waals surface area contributed by atoms with Gasteiger partial charge in [-0.05, 0) is 76.4 Å². The Hall–Kier alpha value is -2.87. The number of carbonyl (C=O) groups is 2. The summed E-state index contributed by atoms with van der Waals surface area (Å²) in [5.74, 6) is -0.477. The van der Waals surface area contributed by atoms with E-state index in [1.54, 1.807) is 0 Å². The molecule has 3 aromatic rings. The lowest BCUT2D eigenvalue weighted by Crippen LogP contribution is -2.35. The van der Waals surface area contributed by atoms with E-state index in [2.05, 4.69) is 22.9 Å². The Bertz CT molecular complexity index is 1340. The molecule has 0 amide bonds. The quantitative estimate of drug-likeness (QED) is 0.362. The molecule has 0 fully saturated rings. The molecule has 0 spiro atoms. The number of methoxy groups -OCH3 is 1. The number of carbonyl (C=O) groups excluding carboxylic acids is 2. The second-order valence-corrected chi connectivity index (χ2v) is 11.1. The van der Waals surface area contributed by atoms with E-state index in [1.165, 1.54) is 14.0 Å². The van der Waals surface area contributed by atoms with E-state index < -0.39 is 17.7 Å². The van der Waals surface area contributed by atoms with E-state index in [0.717, 1.165) is 44.5 Å². The number of nitrogens with one attached hydrogen (secondary N) is 1. The van der Waals surface area contributed by atoms with Gasteiger partial charge in [0.25, 0.3) is 0 Å². The van der Waals surface area contributed by atoms with Crippen LogP contribution in [0.3, 0.4) is 0 Å². The number of rotatable bonds is 8. The van der Waals surface area contributed by atoms with Crippen molar-refractivity contribution in [3.8, 4) is 11.1 Å². The summed E-state index contributed by atoms with van der Waals surface area (Å²) in [7, 11) is 1.38. The fourth-order valence-corrected chi connectivity index (χ4v) is 5.17. The van der Waals surface area contributed by atoms with Crippen LogP contribution in [-0.2, 0) is 30.3 Å². The van der Waals surface area contributed by atoms with Crippen LogP contribution in [-0.4, -0.2) is 48.3 Å². The highest BCUT2D eigenvalue weighted by atomic mass is 35.5. The number of anilines is 1. The molecule has 1 N–H and O–H groups in total. The molecule has 0 unspecified atom stereocenters. The Morgan fingerprint density at radius 3 is 2.46 bits per heavy atom. The third-order valence-corrected chi connectivity index (χ3v) is 6.77. The van der Waals surface area contributed by atoms with E-state index in [0.29, 0.717) is 18.2 Å². The molecule has 0 saturated carbocycles. The molecule has 8 heteroatoms. The number of aryl methyl sites for hydroxylation is 1. The van der Waals surface area contributed by atoms with Gasteiger partial charge in [0.15, 0.2) is 11.9 Å². The van der Waals surface area contributed by atoms with Crippen molar-refractivity contribution >= 4 is 39.9 Å². The van der Waals surface area contributed by atoms with Crippen molar-refractivity contribution in [3.63, 3.8) is 0 Å². The minimum atomic E-state index is -0.948. The highest BCUT2D eigenvalue weighted by Gasteiger charge is 2.36. The topological polar surface area (TPSA) is 78.8 Å². The lowest BCUT2D eigenvalue weighted by molar-refractivity contribution is -0.164. The number of nitrogens with zero attached hydrogens (tertiary/aromatic N) is 1. The summed E-state index contributed by atoms with van der Waals surface area (Å²) in [6.45, 7) is 12.5. The van der Waals surface area contributed by atoms with Gasteiger partial charge in [-0.15, -0.1) is 0 Å². The van der Waals surface area contributed by atoms with E-state index in [1.807, 2.05) is 52.0 Å². The van der Waals surface area contributed by atoms with Gasteiger partial charge in [-0.1, -0.05) is 23.7 Å². The van der Waals surface area contributed by atoms with Gasteiger partial charge in [0.2, 0.25) is 0 Å². The summed E-state index contributed by atoms with van der Waals surface area (Å²) in [6.07, 6.45) is -0.948. The molecule has 2 aromatic carbocycles. The molecule has 37 heavy (non-hydrogen) atoms. The van der Waals surface area contributed by atoms with Crippen LogP contribution < -0.4 is 5.32 Å². The van der Waals surface area contributed by atoms with Gasteiger partial charge < -0.3 is 24.1 Å². The lowest BCUT2D eigenvalue weighted by Gasteiger charge is -2.33. The molecular weight excluding hydrogens is 492 g/mol. The molecule has 2 atom stereocenters.